The van der Waals surface area contributed by atoms with Crippen LogP contribution in [0.1, 0.15) is 94.9 Å². The van der Waals surface area contributed by atoms with Gasteiger partial charge in [-0.1, -0.05) is 111 Å². The highest BCUT2D eigenvalue weighted by Crippen LogP contribution is 2.40. The molecular weight excluding hydrogens is 544 g/mol. The molecule has 0 radical (unpaired) electrons. The first-order chi connectivity index (χ1) is 20.4. The van der Waals surface area contributed by atoms with E-state index in [0.717, 1.165) is 46.3 Å². The maximum atomic E-state index is 12.7. The summed E-state index contributed by atoms with van der Waals surface area (Å²) in [5, 5.41) is 10.8. The van der Waals surface area contributed by atoms with Crippen molar-refractivity contribution in [2.75, 3.05) is 0 Å². The molecule has 0 fully saturated rings. The van der Waals surface area contributed by atoms with Gasteiger partial charge in [-0.25, -0.2) is 0 Å². The number of allylic oxidation sites excluding steroid dienone is 18. The number of ketones is 3. The minimum absolute atomic E-state index is 0.0120. The van der Waals surface area contributed by atoms with Crippen LogP contribution in [0.4, 0.5) is 0 Å². The van der Waals surface area contributed by atoms with Gasteiger partial charge < -0.3 is 5.11 Å². The molecule has 236 valence electrons. The van der Waals surface area contributed by atoms with Crippen molar-refractivity contribution < 1.29 is 19.5 Å². The molecule has 2 aliphatic rings. The average Bonchev–Trinajstić information content (AvgIpc) is 2.93. The number of aliphatic hydroxyl groups is 1. The van der Waals surface area contributed by atoms with Crippen molar-refractivity contribution in [3.05, 3.63) is 118 Å². The number of hydrogen-bond donors (Lipinski definition) is 1. The molecule has 0 bridgehead atoms. The van der Waals surface area contributed by atoms with E-state index in [1.807, 2.05) is 71.1 Å². The first-order valence-corrected chi connectivity index (χ1v) is 15.6. The summed E-state index contributed by atoms with van der Waals surface area (Å²) in [7, 11) is 0. The molecule has 1 atom stereocenters. The van der Waals surface area contributed by atoms with Crippen LogP contribution in [0, 0.1) is 10.8 Å². The third-order valence-electron chi connectivity index (χ3n) is 8.69. The second-order valence-corrected chi connectivity index (χ2v) is 13.7. The number of hydrogen-bond acceptors (Lipinski definition) is 4. The van der Waals surface area contributed by atoms with Gasteiger partial charge in [0.1, 0.15) is 5.60 Å². The largest absolute Gasteiger partial charge is 0.378 e. The third kappa shape index (κ3) is 10.5. The minimum Gasteiger partial charge on any atom is -0.378 e. The summed E-state index contributed by atoms with van der Waals surface area (Å²) in [5.41, 5.74) is 4.79. The maximum Gasteiger partial charge on any atom is 0.190 e. The highest BCUT2D eigenvalue weighted by molar-refractivity contribution is 5.99. The van der Waals surface area contributed by atoms with Crippen LogP contribution >= 0.6 is 0 Å². The number of rotatable bonds is 11. The Morgan fingerprint density at radius 2 is 1.11 bits per heavy atom. The summed E-state index contributed by atoms with van der Waals surface area (Å²) >= 11 is 0. The number of carbonyl (C=O) groups excluding carboxylic acids is 3. The van der Waals surface area contributed by atoms with Crippen LogP contribution < -0.4 is 0 Å². The fraction of sp³-hybridized carbons (Fsp3) is 0.425. The molecule has 0 spiro atoms. The molecule has 0 saturated heterocycles. The van der Waals surface area contributed by atoms with Crippen molar-refractivity contribution >= 4 is 17.3 Å². The van der Waals surface area contributed by atoms with E-state index in [1.54, 1.807) is 12.2 Å². The van der Waals surface area contributed by atoms with E-state index in [0.29, 0.717) is 18.4 Å². The molecule has 0 heterocycles. The smallest absolute Gasteiger partial charge is 0.190 e. The van der Waals surface area contributed by atoms with Crippen LogP contribution in [0.2, 0.25) is 0 Å². The summed E-state index contributed by atoms with van der Waals surface area (Å²) in [4.78, 5) is 37.1. The summed E-state index contributed by atoms with van der Waals surface area (Å²) in [6, 6.07) is 0. The average molecular weight is 597 g/mol. The summed E-state index contributed by atoms with van der Waals surface area (Å²) < 4.78 is 0. The van der Waals surface area contributed by atoms with E-state index >= 15 is 0 Å². The van der Waals surface area contributed by atoms with Crippen LogP contribution in [0.25, 0.3) is 0 Å². The SMILES string of the molecule is CC1=C(/C=C/C(C)=C/C=C/C(C)=C\C=C\C=C(C)\C=C\C(=O)C(C)(O)/C=C/C2=C(C)C(=O)CCC2(C)C)C(C)(C)CCC1=O. The highest BCUT2D eigenvalue weighted by Gasteiger charge is 2.33. The summed E-state index contributed by atoms with van der Waals surface area (Å²) in [6.07, 6.45) is 27.1. The van der Waals surface area contributed by atoms with E-state index in [4.69, 9.17) is 0 Å². The molecule has 1 N–H and O–H groups in total. The third-order valence-corrected chi connectivity index (χ3v) is 8.69. The molecule has 0 aromatic rings. The Morgan fingerprint density at radius 3 is 1.64 bits per heavy atom. The zero-order valence-electron chi connectivity index (χ0n) is 28.5. The van der Waals surface area contributed by atoms with Crippen LogP contribution in [0.15, 0.2) is 118 Å². The first-order valence-electron chi connectivity index (χ1n) is 15.6. The molecule has 44 heavy (non-hydrogen) atoms. The molecule has 0 aromatic heterocycles. The number of Topliss-reactive ketones (excluding diaryl/α,β-unsaturated/α-hetero) is 2. The lowest BCUT2D eigenvalue weighted by Gasteiger charge is -2.32. The van der Waals surface area contributed by atoms with Crippen molar-refractivity contribution in [2.24, 2.45) is 10.8 Å². The number of carbonyl (C=O) groups is 3. The molecule has 4 nitrogen and oxygen atoms in total. The monoisotopic (exact) mass is 596 g/mol. The van der Waals surface area contributed by atoms with Crippen molar-refractivity contribution in [3.63, 3.8) is 0 Å². The van der Waals surface area contributed by atoms with E-state index in [-0.39, 0.29) is 22.4 Å². The van der Waals surface area contributed by atoms with Gasteiger partial charge >= 0.3 is 0 Å². The molecule has 0 aromatic carbocycles. The second kappa shape index (κ2) is 15.4. The van der Waals surface area contributed by atoms with Gasteiger partial charge in [0, 0.05) is 12.8 Å². The summed E-state index contributed by atoms with van der Waals surface area (Å²) in [5.74, 6) is -0.0600. The zero-order chi connectivity index (χ0) is 33.3. The normalized spacial score (nSPS) is 22.1. The Bertz CT molecular complexity index is 1450. The van der Waals surface area contributed by atoms with Gasteiger partial charge in [-0.2, -0.15) is 0 Å². The quantitative estimate of drug-likeness (QED) is 0.191. The zero-order valence-corrected chi connectivity index (χ0v) is 28.5. The van der Waals surface area contributed by atoms with Gasteiger partial charge in [-0.15, -0.1) is 0 Å². The molecule has 4 heteroatoms. The fourth-order valence-corrected chi connectivity index (χ4v) is 5.36. The Kier molecular flexibility index (Phi) is 12.8. The van der Waals surface area contributed by atoms with Gasteiger partial charge in [0.2, 0.25) is 0 Å². The lowest BCUT2D eigenvalue weighted by Crippen LogP contribution is -2.32. The molecule has 0 aliphatic heterocycles. The predicted octanol–water partition coefficient (Wildman–Crippen LogP) is 9.34. The van der Waals surface area contributed by atoms with Gasteiger partial charge in [0.05, 0.1) is 0 Å². The van der Waals surface area contributed by atoms with Gasteiger partial charge in [0.15, 0.2) is 17.3 Å². The van der Waals surface area contributed by atoms with E-state index in [9.17, 15) is 19.5 Å². The first kappa shape index (κ1) is 36.6. The van der Waals surface area contributed by atoms with Crippen LogP contribution in [-0.4, -0.2) is 28.1 Å². The molecule has 2 aliphatic carbocycles. The van der Waals surface area contributed by atoms with Crippen LogP contribution in [-0.2, 0) is 14.4 Å². The van der Waals surface area contributed by atoms with E-state index in [2.05, 4.69) is 45.9 Å². The van der Waals surface area contributed by atoms with Crippen molar-refractivity contribution in [3.8, 4) is 0 Å². The van der Waals surface area contributed by atoms with Crippen LogP contribution in [0.5, 0.6) is 0 Å². The topological polar surface area (TPSA) is 71.4 Å². The van der Waals surface area contributed by atoms with Crippen molar-refractivity contribution in [1.82, 2.24) is 0 Å². The maximum absolute atomic E-state index is 12.7. The second-order valence-electron chi connectivity index (χ2n) is 13.7. The summed E-state index contributed by atoms with van der Waals surface area (Å²) in [6.45, 7) is 19.7. The van der Waals surface area contributed by atoms with Crippen molar-refractivity contribution in [1.29, 1.82) is 0 Å². The minimum atomic E-state index is -1.67. The Balaban J connectivity index is 1.97. The lowest BCUT2D eigenvalue weighted by molar-refractivity contribution is -0.126. The van der Waals surface area contributed by atoms with E-state index < -0.39 is 11.4 Å². The molecule has 0 saturated carbocycles. The van der Waals surface area contributed by atoms with Gasteiger partial charge in [0.25, 0.3) is 0 Å². The molecule has 0 amide bonds. The van der Waals surface area contributed by atoms with Gasteiger partial charge in [-0.05, 0) is 99.7 Å². The molecule has 2 rings (SSSR count). The Labute approximate surface area is 265 Å². The predicted molar refractivity (Wildman–Crippen MR) is 184 cm³/mol. The van der Waals surface area contributed by atoms with Crippen molar-refractivity contribution in [2.45, 2.75) is 101 Å². The molecular formula is C40H52O4. The standard InChI is InChI=1S/C40H52O4/c1-28(16-13-17-30(3)18-20-33-31(4)35(41)23-25-38(33,6)7)14-11-12-15-29(2)19-21-37(43)40(10,44)27-22-34-32(5)36(42)24-26-39(34,8)9/h11-22,27,44H,23-26H2,1-10H3/b12-11+,16-13+,20-18+,21-19+,27-22+,28-14-,29-15+,30-17+. The van der Waals surface area contributed by atoms with E-state index in [1.165, 1.54) is 19.1 Å². The molecule has 1 unspecified atom stereocenters. The van der Waals surface area contributed by atoms with Gasteiger partial charge in [-0.3, -0.25) is 14.4 Å². The Hall–Kier alpha value is -3.63. The lowest BCUT2D eigenvalue weighted by atomic mass is 9.72. The fourth-order valence-electron chi connectivity index (χ4n) is 5.36. The Morgan fingerprint density at radius 1 is 0.682 bits per heavy atom. The highest BCUT2D eigenvalue weighted by atomic mass is 16.3. The van der Waals surface area contributed by atoms with Crippen LogP contribution in [0.3, 0.4) is 0 Å².